The topological polar surface area (TPSA) is 29.2 Å². The molecule has 0 saturated carbocycles. The van der Waals surface area contributed by atoms with E-state index in [9.17, 15) is 0 Å². The Kier molecular flexibility index (Phi) is 13.3. The molecule has 58 heavy (non-hydrogen) atoms. The number of rotatable bonds is 13. The molecular weight excluding hydrogens is 731 g/mol. The maximum Gasteiger partial charge on any atom is 0.160 e. The monoisotopic (exact) mass is 810 g/mol. The summed E-state index contributed by atoms with van der Waals surface area (Å²) in [6.45, 7) is 16.9. The maximum absolute atomic E-state index is 3.30. The Hall–Kier alpha value is -4.44. The molecule has 0 aliphatic heterocycles. The first-order chi connectivity index (χ1) is 26.7. The van der Waals surface area contributed by atoms with Gasteiger partial charge in [0.2, 0.25) is 0 Å². The van der Waals surface area contributed by atoms with E-state index >= 15 is 0 Å². The lowest BCUT2D eigenvalue weighted by atomic mass is 10.1. The molecule has 0 saturated heterocycles. The van der Waals surface area contributed by atoms with E-state index in [0.29, 0.717) is 0 Å². The lowest BCUT2D eigenvalue weighted by Gasteiger charge is -2.47. The summed E-state index contributed by atoms with van der Waals surface area (Å²) in [4.78, 5) is 21.0. The summed E-state index contributed by atoms with van der Waals surface area (Å²) in [6.07, 6.45) is 0. The van der Waals surface area contributed by atoms with Gasteiger partial charge in [-0.2, -0.15) is 0 Å². The highest BCUT2D eigenvalue weighted by Gasteiger charge is 2.54. The van der Waals surface area contributed by atoms with Gasteiger partial charge in [0.25, 0.3) is 0 Å². The molecule has 0 spiro atoms. The van der Waals surface area contributed by atoms with E-state index in [2.05, 4.69) is 238 Å². The van der Waals surface area contributed by atoms with Crippen LogP contribution in [0, 0.1) is 20.8 Å². The lowest BCUT2D eigenvalue weighted by Crippen LogP contribution is -2.72. The van der Waals surface area contributed by atoms with Gasteiger partial charge in [-0.05, 0) is 110 Å². The van der Waals surface area contributed by atoms with Crippen LogP contribution >= 0.6 is 0 Å². The Bertz CT molecular complexity index is 1900. The van der Waals surface area contributed by atoms with Gasteiger partial charge in [0.15, 0.2) is 8.07 Å². The van der Waals surface area contributed by atoms with Crippen LogP contribution in [0.4, 0.5) is 51.2 Å². The zero-order valence-corrected chi connectivity index (χ0v) is 42.3. The normalized spacial score (nSPS) is 13.4. The maximum atomic E-state index is 2.61. The molecule has 1 aliphatic rings. The van der Waals surface area contributed by atoms with Crippen LogP contribution in [0.15, 0.2) is 40.5 Å². The predicted molar refractivity (Wildman–Crippen MR) is 268 cm³/mol. The number of benzene rings is 3. The molecule has 9 nitrogen and oxygen atoms in total. The minimum absolute atomic E-state index is 0.157. The van der Waals surface area contributed by atoms with Crippen molar-refractivity contribution in [1.29, 1.82) is 0 Å². The Balaban J connectivity index is 2.71. The summed E-state index contributed by atoms with van der Waals surface area (Å²) in [5, 5.41) is 4.38. The van der Waals surface area contributed by atoms with Crippen LogP contribution in [0.1, 0.15) is 44.4 Å². The molecule has 3 aromatic rings. The molecule has 0 N–H and O–H groups in total. The molecular formula is C48H79N9Si. The third-order valence-corrected chi connectivity index (χ3v) is 18.8. The van der Waals surface area contributed by atoms with Crippen LogP contribution in [0.3, 0.4) is 0 Å². The molecule has 0 heterocycles. The van der Waals surface area contributed by atoms with Gasteiger partial charge in [-0.3, -0.25) is 0 Å². The van der Waals surface area contributed by atoms with E-state index in [0.717, 1.165) is 0 Å². The fraction of sp³-hybridized carbons (Fsp3) is 0.542. The predicted octanol–water partition coefficient (Wildman–Crippen LogP) is 6.73. The van der Waals surface area contributed by atoms with Crippen LogP contribution in [-0.2, 0) is 0 Å². The average molecular weight is 810 g/mol. The highest BCUT2D eigenvalue weighted by atomic mass is 28.3. The summed E-state index contributed by atoms with van der Waals surface area (Å²) in [5.74, 6) is 0. The number of nitrogens with zero attached hydrogens (tertiary/aromatic N) is 9. The summed E-state index contributed by atoms with van der Waals surface area (Å²) >= 11 is 0. The highest BCUT2D eigenvalue weighted by molar-refractivity contribution is 7.14. The Morgan fingerprint density at radius 3 is 0.690 bits per heavy atom. The van der Waals surface area contributed by atoms with Crippen LogP contribution in [0.25, 0.3) is 0 Å². The molecule has 0 radical (unpaired) electrons. The quantitative estimate of drug-likeness (QED) is 0.138. The summed E-state index contributed by atoms with van der Waals surface area (Å²) < 4.78 is 0. The number of allylic oxidation sites excluding steroid dienone is 4. The molecule has 0 aromatic heterocycles. The third-order valence-electron chi connectivity index (χ3n) is 13.0. The van der Waals surface area contributed by atoms with E-state index in [1.807, 2.05) is 0 Å². The first-order valence-corrected chi connectivity index (χ1v) is 22.7. The van der Waals surface area contributed by atoms with Gasteiger partial charge in [0, 0.05) is 132 Å². The largest absolute Gasteiger partial charge is 0.376 e. The van der Waals surface area contributed by atoms with Gasteiger partial charge >= 0.3 is 0 Å². The van der Waals surface area contributed by atoms with E-state index < -0.39 is 8.07 Å². The van der Waals surface area contributed by atoms with Crippen molar-refractivity contribution < 1.29 is 0 Å². The van der Waals surface area contributed by atoms with Crippen LogP contribution < -0.4 is 59.7 Å². The molecule has 320 valence electrons. The zero-order valence-electron chi connectivity index (χ0n) is 41.3. The van der Waals surface area contributed by atoms with Gasteiger partial charge in [0.1, 0.15) is 0 Å². The smallest absolute Gasteiger partial charge is 0.160 e. The highest BCUT2D eigenvalue weighted by Crippen LogP contribution is 2.52. The molecule has 0 fully saturated rings. The second-order valence-corrected chi connectivity index (χ2v) is 22.5. The Labute approximate surface area is 355 Å². The van der Waals surface area contributed by atoms with Crippen molar-refractivity contribution in [2.24, 2.45) is 0 Å². The van der Waals surface area contributed by atoms with Gasteiger partial charge in [0.05, 0.1) is 51.2 Å². The van der Waals surface area contributed by atoms with Crippen LogP contribution in [-0.4, -0.2) is 135 Å². The van der Waals surface area contributed by atoms with Crippen molar-refractivity contribution in [1.82, 2.24) is 0 Å². The van der Waals surface area contributed by atoms with Gasteiger partial charge in [-0.1, -0.05) is 11.1 Å². The number of hydrogen-bond donors (Lipinski definition) is 0. The zero-order chi connectivity index (χ0) is 44.4. The first-order valence-electron chi connectivity index (χ1n) is 20.7. The summed E-state index contributed by atoms with van der Waals surface area (Å²) in [5.41, 5.74) is 21.2. The molecule has 0 amide bonds. The van der Waals surface area contributed by atoms with Crippen molar-refractivity contribution in [3.63, 3.8) is 0 Å². The summed E-state index contributed by atoms with van der Waals surface area (Å²) in [6, 6.07) is 7.84. The molecule has 0 bridgehead atoms. The SMILES string of the molecule is CC1=C(C)C([Si](c2cc(N(C)C)c(N(C)C)c(N(C)C)c2C)(c2cc(N(C)C)c(N(C)C)c(N(C)C)c2C)c2cc(N(C)C)c(N(C)C)c(N(C)C)c2C)C(C)=C1C. The van der Waals surface area contributed by atoms with Crippen LogP contribution in [0.5, 0.6) is 0 Å². The number of hydrogen-bond acceptors (Lipinski definition) is 9. The Morgan fingerprint density at radius 2 is 0.517 bits per heavy atom. The van der Waals surface area contributed by atoms with Crippen molar-refractivity contribution in [3.8, 4) is 0 Å². The fourth-order valence-corrected chi connectivity index (χ4v) is 17.1. The fourth-order valence-electron chi connectivity index (χ4n) is 10.3. The van der Waals surface area contributed by atoms with E-state index in [-0.39, 0.29) is 5.54 Å². The second-order valence-electron chi connectivity index (χ2n) is 18.7. The van der Waals surface area contributed by atoms with E-state index in [1.54, 1.807) is 0 Å². The summed E-state index contributed by atoms with van der Waals surface area (Å²) in [7, 11) is 36.4. The molecule has 3 aromatic carbocycles. The standard InChI is InChI=1S/C48H79N9Si/c1-29-30(2)32(4)48(31(29)3)58(39-26-36(49(8)9)45(55(20)21)42(33(39)5)52(14)15,40-27-37(50(10)11)46(56(22)23)43(34(40)6)53(16)17)41-28-38(51(12)13)47(57(24)25)44(35(41)7)54(18)19/h26-28,48H,1-25H3. The van der Waals surface area contributed by atoms with Crippen molar-refractivity contribution in [2.75, 3.05) is 171 Å². The van der Waals surface area contributed by atoms with Crippen molar-refractivity contribution >= 4 is 74.8 Å². The first kappa shape index (κ1) is 46.2. The van der Waals surface area contributed by atoms with Crippen molar-refractivity contribution in [3.05, 3.63) is 57.2 Å². The molecule has 0 atom stereocenters. The minimum atomic E-state index is -3.30. The average Bonchev–Trinajstić information content (AvgIpc) is 3.29. The Morgan fingerprint density at radius 1 is 0.310 bits per heavy atom. The molecule has 10 heteroatoms. The molecule has 4 rings (SSSR count). The van der Waals surface area contributed by atoms with Gasteiger partial charge in [-0.25, -0.2) is 0 Å². The molecule has 0 unspecified atom stereocenters. The molecule has 1 aliphatic carbocycles. The van der Waals surface area contributed by atoms with E-state index in [1.165, 1.54) is 106 Å². The third kappa shape index (κ3) is 7.17. The van der Waals surface area contributed by atoms with E-state index in [4.69, 9.17) is 0 Å². The minimum Gasteiger partial charge on any atom is -0.376 e. The van der Waals surface area contributed by atoms with Crippen molar-refractivity contribution in [2.45, 2.75) is 54.0 Å². The van der Waals surface area contributed by atoms with Gasteiger partial charge in [-0.15, -0.1) is 0 Å². The van der Waals surface area contributed by atoms with Gasteiger partial charge < -0.3 is 44.1 Å². The number of anilines is 9. The second kappa shape index (κ2) is 16.7. The lowest BCUT2D eigenvalue weighted by molar-refractivity contribution is 1.03. The van der Waals surface area contributed by atoms with Crippen LogP contribution in [0.2, 0.25) is 5.54 Å².